The van der Waals surface area contributed by atoms with Gasteiger partial charge in [-0.15, -0.1) is 0 Å². The average Bonchev–Trinajstić information content (AvgIpc) is 3.29. The van der Waals surface area contributed by atoms with Crippen molar-refractivity contribution in [3.8, 4) is 5.69 Å². The number of benzene rings is 1. The molecule has 3 aromatic rings. The predicted molar refractivity (Wildman–Crippen MR) is 92.5 cm³/mol. The van der Waals surface area contributed by atoms with E-state index in [4.69, 9.17) is 4.98 Å². The zero-order chi connectivity index (χ0) is 16.1. The third kappa shape index (κ3) is 2.06. The molecule has 1 aromatic carbocycles. The van der Waals surface area contributed by atoms with Crippen LogP contribution in [-0.2, 0) is 0 Å². The fourth-order valence-electron chi connectivity index (χ4n) is 4.22. The number of aromatic nitrogens is 4. The Labute approximate surface area is 139 Å². The second-order valence-electron chi connectivity index (χ2n) is 6.87. The average molecular weight is 321 g/mol. The number of hydrogen-bond donors (Lipinski definition) is 1. The highest BCUT2D eigenvalue weighted by Gasteiger charge is 2.37. The van der Waals surface area contributed by atoms with Gasteiger partial charge < -0.3 is 4.90 Å². The summed E-state index contributed by atoms with van der Waals surface area (Å²) in [6.07, 6.45) is 5.54. The minimum absolute atomic E-state index is 0.116. The molecule has 1 saturated carbocycles. The van der Waals surface area contributed by atoms with Gasteiger partial charge in [-0.2, -0.15) is 10.1 Å². The first kappa shape index (κ1) is 13.8. The number of fused-ring (bicyclic) bond motifs is 2. The maximum atomic E-state index is 12.5. The van der Waals surface area contributed by atoms with Crippen molar-refractivity contribution in [3.63, 3.8) is 0 Å². The van der Waals surface area contributed by atoms with E-state index in [0.717, 1.165) is 30.6 Å². The Bertz CT molecular complexity index is 933. The first-order valence-electron chi connectivity index (χ1n) is 8.58. The van der Waals surface area contributed by atoms with Gasteiger partial charge in [0.1, 0.15) is 5.39 Å². The third-order valence-electron chi connectivity index (χ3n) is 5.45. The van der Waals surface area contributed by atoms with E-state index in [9.17, 15) is 4.79 Å². The maximum Gasteiger partial charge on any atom is 0.263 e. The van der Waals surface area contributed by atoms with Gasteiger partial charge in [0.15, 0.2) is 5.65 Å². The molecule has 1 aliphatic carbocycles. The molecule has 1 aliphatic heterocycles. The van der Waals surface area contributed by atoms with Crippen molar-refractivity contribution in [1.82, 2.24) is 19.7 Å². The maximum absolute atomic E-state index is 12.5. The number of rotatable bonds is 2. The Morgan fingerprint density at radius 3 is 2.58 bits per heavy atom. The van der Waals surface area contributed by atoms with Crippen LogP contribution in [0.2, 0.25) is 0 Å². The lowest BCUT2D eigenvalue weighted by Gasteiger charge is -2.17. The summed E-state index contributed by atoms with van der Waals surface area (Å²) in [6.45, 7) is 2.00. The number of hydrogen-bond acceptors (Lipinski definition) is 4. The summed E-state index contributed by atoms with van der Waals surface area (Å²) in [7, 11) is 0. The summed E-state index contributed by atoms with van der Waals surface area (Å²) in [4.78, 5) is 22.4. The highest BCUT2D eigenvalue weighted by atomic mass is 16.1. The second kappa shape index (κ2) is 5.19. The molecule has 5 rings (SSSR count). The van der Waals surface area contributed by atoms with E-state index in [1.54, 1.807) is 10.9 Å². The molecule has 6 nitrogen and oxygen atoms in total. The molecule has 6 heteroatoms. The molecule has 0 unspecified atom stereocenters. The normalized spacial score (nSPS) is 23.1. The molecular formula is C18H19N5O. The first-order chi connectivity index (χ1) is 11.8. The van der Waals surface area contributed by atoms with Gasteiger partial charge in [0.05, 0.1) is 11.9 Å². The summed E-state index contributed by atoms with van der Waals surface area (Å²) in [5.41, 5.74) is 1.42. The molecule has 1 N–H and O–H groups in total. The summed E-state index contributed by atoms with van der Waals surface area (Å²) in [5.74, 6) is 2.19. The van der Waals surface area contributed by atoms with E-state index in [2.05, 4.69) is 15.0 Å². The molecule has 0 radical (unpaired) electrons. The molecule has 2 aliphatic rings. The van der Waals surface area contributed by atoms with E-state index in [0.29, 0.717) is 17.0 Å². The summed E-state index contributed by atoms with van der Waals surface area (Å²) >= 11 is 0. The summed E-state index contributed by atoms with van der Waals surface area (Å²) < 4.78 is 1.74. The Hall–Kier alpha value is -2.63. The lowest BCUT2D eigenvalue weighted by molar-refractivity contribution is 0.494. The van der Waals surface area contributed by atoms with Gasteiger partial charge in [0.2, 0.25) is 5.95 Å². The molecule has 0 bridgehead atoms. The molecule has 1 saturated heterocycles. The third-order valence-corrected chi connectivity index (χ3v) is 5.45. The predicted octanol–water partition coefficient (Wildman–Crippen LogP) is 2.35. The molecule has 2 aromatic heterocycles. The molecule has 0 spiro atoms. The largest absolute Gasteiger partial charge is 0.342 e. The van der Waals surface area contributed by atoms with Crippen LogP contribution in [0.1, 0.15) is 19.3 Å². The van der Waals surface area contributed by atoms with E-state index < -0.39 is 0 Å². The van der Waals surface area contributed by atoms with Crippen LogP contribution in [0.15, 0.2) is 41.3 Å². The van der Waals surface area contributed by atoms with Crippen molar-refractivity contribution in [2.24, 2.45) is 11.8 Å². The van der Waals surface area contributed by atoms with E-state index in [1.165, 1.54) is 19.3 Å². The number of nitrogens with one attached hydrogen (secondary N) is 1. The number of nitrogens with zero attached hydrogens (tertiary/aromatic N) is 4. The molecule has 122 valence electrons. The van der Waals surface area contributed by atoms with Crippen molar-refractivity contribution in [2.45, 2.75) is 19.3 Å². The number of aromatic amines is 1. The highest BCUT2D eigenvalue weighted by molar-refractivity contribution is 5.76. The quantitative estimate of drug-likeness (QED) is 0.787. The van der Waals surface area contributed by atoms with Crippen molar-refractivity contribution in [1.29, 1.82) is 0 Å². The fraction of sp³-hybridized carbons (Fsp3) is 0.389. The van der Waals surface area contributed by atoms with Crippen LogP contribution >= 0.6 is 0 Å². The number of H-pyrrole nitrogens is 1. The zero-order valence-corrected chi connectivity index (χ0v) is 13.4. The lowest BCUT2D eigenvalue weighted by Crippen LogP contribution is -2.26. The van der Waals surface area contributed by atoms with E-state index in [1.807, 2.05) is 30.3 Å². The van der Waals surface area contributed by atoms with Gasteiger partial charge >= 0.3 is 0 Å². The van der Waals surface area contributed by atoms with Gasteiger partial charge in [0.25, 0.3) is 5.56 Å². The topological polar surface area (TPSA) is 66.8 Å². The van der Waals surface area contributed by atoms with Gasteiger partial charge in [0, 0.05) is 13.1 Å². The summed E-state index contributed by atoms with van der Waals surface area (Å²) in [6, 6.07) is 9.81. The number of anilines is 1. The van der Waals surface area contributed by atoms with Crippen LogP contribution in [0.3, 0.4) is 0 Å². The van der Waals surface area contributed by atoms with Crippen molar-refractivity contribution >= 4 is 17.0 Å². The van der Waals surface area contributed by atoms with E-state index >= 15 is 0 Å². The van der Waals surface area contributed by atoms with Crippen molar-refractivity contribution in [2.75, 3.05) is 18.0 Å². The van der Waals surface area contributed by atoms with Crippen molar-refractivity contribution in [3.05, 3.63) is 46.9 Å². The molecule has 2 fully saturated rings. The first-order valence-corrected chi connectivity index (χ1v) is 8.58. The van der Waals surface area contributed by atoms with Gasteiger partial charge in [-0.3, -0.25) is 9.78 Å². The zero-order valence-electron chi connectivity index (χ0n) is 13.4. The molecule has 3 heterocycles. The SMILES string of the molecule is O=c1[nH]c(N2C[C@H]3CCC[C@@H]3C2)nc2c1cnn2-c1ccccc1. The monoisotopic (exact) mass is 321 g/mol. The fourth-order valence-corrected chi connectivity index (χ4v) is 4.22. The smallest absolute Gasteiger partial charge is 0.263 e. The van der Waals surface area contributed by atoms with Gasteiger partial charge in [-0.05, 0) is 36.8 Å². The minimum atomic E-state index is -0.116. The van der Waals surface area contributed by atoms with Gasteiger partial charge in [-0.25, -0.2) is 4.68 Å². The summed E-state index contributed by atoms with van der Waals surface area (Å²) in [5, 5.41) is 4.90. The highest BCUT2D eigenvalue weighted by Crippen LogP contribution is 2.38. The molecular weight excluding hydrogens is 302 g/mol. The van der Waals surface area contributed by atoms with Crippen LogP contribution in [0, 0.1) is 11.8 Å². The van der Waals surface area contributed by atoms with Crippen LogP contribution in [0.5, 0.6) is 0 Å². The lowest BCUT2D eigenvalue weighted by atomic mass is 10.0. The Morgan fingerprint density at radius 1 is 1.08 bits per heavy atom. The van der Waals surface area contributed by atoms with Gasteiger partial charge in [-0.1, -0.05) is 24.6 Å². The van der Waals surface area contributed by atoms with Crippen molar-refractivity contribution < 1.29 is 0 Å². The Morgan fingerprint density at radius 2 is 1.83 bits per heavy atom. The Balaban J connectivity index is 1.60. The minimum Gasteiger partial charge on any atom is -0.342 e. The van der Waals surface area contributed by atoms with Crippen LogP contribution in [0.25, 0.3) is 16.7 Å². The van der Waals surface area contributed by atoms with Crippen LogP contribution in [0.4, 0.5) is 5.95 Å². The molecule has 24 heavy (non-hydrogen) atoms. The molecule has 2 atom stereocenters. The van der Waals surface area contributed by atoms with E-state index in [-0.39, 0.29) is 5.56 Å². The number of para-hydroxylation sites is 1. The molecule has 0 amide bonds. The van der Waals surface area contributed by atoms with Crippen LogP contribution < -0.4 is 10.5 Å². The Kier molecular flexibility index (Phi) is 2.98. The van der Waals surface area contributed by atoms with Crippen LogP contribution in [-0.4, -0.2) is 32.8 Å². The standard InChI is InChI=1S/C18H19N5O/c24-17-15-9-19-23(14-7-2-1-3-8-14)16(15)20-18(21-17)22-10-12-5-4-6-13(12)11-22/h1-3,7-9,12-13H,4-6,10-11H2,(H,20,21,24)/t12-,13-/m1/s1. The second-order valence-corrected chi connectivity index (χ2v) is 6.87.